The van der Waals surface area contributed by atoms with E-state index in [0.29, 0.717) is 5.56 Å². The highest BCUT2D eigenvalue weighted by atomic mass is 16.6. The highest BCUT2D eigenvalue weighted by Gasteiger charge is 2.20. The Bertz CT molecular complexity index is 629. The van der Waals surface area contributed by atoms with E-state index in [1.54, 1.807) is 20.8 Å². The third-order valence-corrected chi connectivity index (χ3v) is 2.72. The Balaban J connectivity index is 2.40. The summed E-state index contributed by atoms with van der Waals surface area (Å²) in [6.07, 6.45) is -0.503. The van der Waals surface area contributed by atoms with Crippen molar-refractivity contribution in [3.63, 3.8) is 0 Å². The molecule has 0 amide bonds. The minimum Gasteiger partial charge on any atom is -0.460 e. The smallest absolute Gasteiger partial charge is 0.374 e. The van der Waals surface area contributed by atoms with E-state index in [1.165, 1.54) is 24.3 Å². The molecule has 1 aromatic carbocycles. The van der Waals surface area contributed by atoms with Crippen LogP contribution >= 0.6 is 0 Å². The van der Waals surface area contributed by atoms with E-state index < -0.39 is 28.2 Å². The fourth-order valence-corrected chi connectivity index (χ4v) is 1.65. The SMILES string of the molecule is CC(C)(C)OC(=O)CCC(=O)C(=O)OCc1ccc([N+](=O)[O-])cc1. The van der Waals surface area contributed by atoms with Crippen LogP contribution in [0.15, 0.2) is 24.3 Å². The number of ketones is 1. The van der Waals surface area contributed by atoms with Crippen molar-refractivity contribution in [1.29, 1.82) is 0 Å². The van der Waals surface area contributed by atoms with Gasteiger partial charge in [-0.3, -0.25) is 19.7 Å². The number of carbonyl (C=O) groups is 3. The van der Waals surface area contributed by atoms with E-state index in [2.05, 4.69) is 0 Å². The number of hydrogen-bond donors (Lipinski definition) is 0. The molecule has 0 aliphatic heterocycles. The number of nitro groups is 1. The summed E-state index contributed by atoms with van der Waals surface area (Å²) in [5.74, 6) is -2.46. The van der Waals surface area contributed by atoms with Crippen LogP contribution in [0.2, 0.25) is 0 Å². The molecular weight excluding hydrogens is 318 g/mol. The lowest BCUT2D eigenvalue weighted by Crippen LogP contribution is -2.25. The van der Waals surface area contributed by atoms with E-state index >= 15 is 0 Å². The van der Waals surface area contributed by atoms with Crippen molar-refractivity contribution in [2.75, 3.05) is 0 Å². The van der Waals surface area contributed by atoms with Crippen molar-refractivity contribution in [3.05, 3.63) is 39.9 Å². The molecular formula is C16H19NO7. The fraction of sp³-hybridized carbons (Fsp3) is 0.438. The lowest BCUT2D eigenvalue weighted by atomic mass is 10.2. The molecule has 0 atom stereocenters. The van der Waals surface area contributed by atoms with Gasteiger partial charge in [0.1, 0.15) is 12.2 Å². The topological polar surface area (TPSA) is 113 Å². The van der Waals surface area contributed by atoms with Crippen molar-refractivity contribution in [2.24, 2.45) is 0 Å². The minimum atomic E-state index is -1.06. The third-order valence-electron chi connectivity index (χ3n) is 2.72. The van der Waals surface area contributed by atoms with Gasteiger partial charge >= 0.3 is 11.9 Å². The van der Waals surface area contributed by atoms with Crippen LogP contribution in [-0.4, -0.2) is 28.2 Å². The van der Waals surface area contributed by atoms with Crippen molar-refractivity contribution in [1.82, 2.24) is 0 Å². The summed E-state index contributed by atoms with van der Waals surface area (Å²) in [5, 5.41) is 10.5. The molecule has 1 aromatic rings. The summed E-state index contributed by atoms with van der Waals surface area (Å²) in [7, 11) is 0. The molecule has 8 nitrogen and oxygen atoms in total. The molecule has 8 heteroatoms. The molecule has 0 radical (unpaired) electrons. The van der Waals surface area contributed by atoms with Crippen LogP contribution in [0.1, 0.15) is 39.2 Å². The molecule has 0 fully saturated rings. The average molecular weight is 337 g/mol. The molecule has 0 unspecified atom stereocenters. The molecule has 0 aliphatic carbocycles. The molecule has 0 aliphatic rings. The van der Waals surface area contributed by atoms with Gasteiger partial charge in [-0.05, 0) is 38.5 Å². The van der Waals surface area contributed by atoms with Gasteiger partial charge in [-0.15, -0.1) is 0 Å². The molecule has 0 bridgehead atoms. The van der Waals surface area contributed by atoms with Crippen LogP contribution in [0, 0.1) is 10.1 Å². The van der Waals surface area contributed by atoms with Gasteiger partial charge in [0, 0.05) is 18.6 Å². The summed E-state index contributed by atoms with van der Waals surface area (Å²) >= 11 is 0. The zero-order valence-corrected chi connectivity index (χ0v) is 13.7. The number of rotatable bonds is 7. The summed E-state index contributed by atoms with van der Waals surface area (Å²) in [6.45, 7) is 4.91. The minimum absolute atomic E-state index is 0.0847. The Kier molecular flexibility index (Phi) is 6.58. The van der Waals surface area contributed by atoms with Crippen LogP contribution in [0.4, 0.5) is 5.69 Å². The van der Waals surface area contributed by atoms with Gasteiger partial charge in [0.05, 0.1) is 11.3 Å². The summed E-state index contributed by atoms with van der Waals surface area (Å²) in [6, 6.07) is 5.40. The van der Waals surface area contributed by atoms with Crippen molar-refractivity contribution >= 4 is 23.4 Å². The van der Waals surface area contributed by atoms with Crippen LogP contribution in [-0.2, 0) is 30.5 Å². The predicted molar refractivity (Wildman–Crippen MR) is 83.0 cm³/mol. The monoisotopic (exact) mass is 337 g/mol. The maximum Gasteiger partial charge on any atom is 0.374 e. The first-order valence-electron chi connectivity index (χ1n) is 7.23. The second-order valence-corrected chi connectivity index (χ2v) is 6.01. The lowest BCUT2D eigenvalue weighted by Gasteiger charge is -2.19. The number of hydrogen-bond acceptors (Lipinski definition) is 7. The maximum absolute atomic E-state index is 11.6. The van der Waals surface area contributed by atoms with E-state index in [4.69, 9.17) is 9.47 Å². The number of nitro benzene ring substituents is 1. The maximum atomic E-state index is 11.6. The first kappa shape index (κ1) is 19.3. The summed E-state index contributed by atoms with van der Waals surface area (Å²) in [5.41, 5.74) is -0.233. The number of non-ortho nitro benzene ring substituents is 1. The molecule has 0 N–H and O–H groups in total. The first-order valence-corrected chi connectivity index (χ1v) is 7.23. The Morgan fingerprint density at radius 3 is 2.17 bits per heavy atom. The molecule has 0 saturated heterocycles. The van der Waals surface area contributed by atoms with Gasteiger partial charge in [0.15, 0.2) is 0 Å². The zero-order chi connectivity index (χ0) is 18.3. The van der Waals surface area contributed by atoms with Crippen molar-refractivity contribution in [3.8, 4) is 0 Å². The van der Waals surface area contributed by atoms with Gasteiger partial charge in [0.2, 0.25) is 5.78 Å². The van der Waals surface area contributed by atoms with Crippen LogP contribution in [0.25, 0.3) is 0 Å². The number of ether oxygens (including phenoxy) is 2. The molecule has 24 heavy (non-hydrogen) atoms. The number of esters is 2. The largest absolute Gasteiger partial charge is 0.460 e. The summed E-state index contributed by atoms with van der Waals surface area (Å²) in [4.78, 5) is 44.6. The molecule has 0 saturated carbocycles. The van der Waals surface area contributed by atoms with E-state index in [1.807, 2.05) is 0 Å². The van der Waals surface area contributed by atoms with Gasteiger partial charge in [-0.1, -0.05) is 0 Å². The first-order chi connectivity index (χ1) is 11.1. The lowest BCUT2D eigenvalue weighted by molar-refractivity contribution is -0.384. The quantitative estimate of drug-likeness (QED) is 0.325. The third kappa shape index (κ3) is 6.99. The van der Waals surface area contributed by atoms with Crippen LogP contribution < -0.4 is 0 Å². The molecule has 0 aromatic heterocycles. The van der Waals surface area contributed by atoms with E-state index in [0.717, 1.165) is 0 Å². The van der Waals surface area contributed by atoms with Gasteiger partial charge in [-0.2, -0.15) is 0 Å². The number of Topliss-reactive ketones (excluding diaryl/α,β-unsaturated/α-hetero) is 1. The van der Waals surface area contributed by atoms with E-state index in [-0.39, 0.29) is 25.1 Å². The molecule has 130 valence electrons. The van der Waals surface area contributed by atoms with Crippen LogP contribution in [0.5, 0.6) is 0 Å². The molecule has 1 rings (SSSR count). The second kappa shape index (κ2) is 8.19. The number of nitrogens with zero attached hydrogens (tertiary/aromatic N) is 1. The Hall–Kier alpha value is -2.77. The zero-order valence-electron chi connectivity index (χ0n) is 13.7. The second-order valence-electron chi connectivity index (χ2n) is 6.01. The van der Waals surface area contributed by atoms with Crippen molar-refractivity contribution < 1.29 is 28.8 Å². The summed E-state index contributed by atoms with van der Waals surface area (Å²) < 4.78 is 9.84. The van der Waals surface area contributed by atoms with Gasteiger partial charge < -0.3 is 9.47 Å². The van der Waals surface area contributed by atoms with Gasteiger partial charge in [-0.25, -0.2) is 4.79 Å². The highest BCUT2D eigenvalue weighted by Crippen LogP contribution is 2.13. The molecule has 0 heterocycles. The Morgan fingerprint density at radius 2 is 1.67 bits per heavy atom. The highest BCUT2D eigenvalue weighted by molar-refractivity contribution is 6.33. The van der Waals surface area contributed by atoms with Gasteiger partial charge in [0.25, 0.3) is 5.69 Å². The normalized spacial score (nSPS) is 10.8. The number of carbonyl (C=O) groups excluding carboxylic acids is 3. The number of benzene rings is 1. The Morgan fingerprint density at radius 1 is 1.08 bits per heavy atom. The van der Waals surface area contributed by atoms with Crippen LogP contribution in [0.3, 0.4) is 0 Å². The van der Waals surface area contributed by atoms with E-state index in [9.17, 15) is 24.5 Å². The average Bonchev–Trinajstić information content (AvgIpc) is 2.48. The fourth-order valence-electron chi connectivity index (χ4n) is 1.65. The molecule has 0 spiro atoms. The standard InChI is InChI=1S/C16H19NO7/c1-16(2,3)24-14(19)9-8-13(18)15(20)23-10-11-4-6-12(7-5-11)17(21)22/h4-7H,8-10H2,1-3H3. The Labute approximate surface area is 138 Å². The van der Waals surface area contributed by atoms with Crippen molar-refractivity contribution in [2.45, 2.75) is 45.8 Å². The predicted octanol–water partition coefficient (Wildman–Crippen LogP) is 2.33.